The Balaban J connectivity index is 1.72. The second-order valence-corrected chi connectivity index (χ2v) is 7.80. The molecule has 0 aromatic heterocycles. The molecule has 0 radical (unpaired) electrons. The molecule has 1 heterocycles. The van der Waals surface area contributed by atoms with Crippen LogP contribution in [0, 0.1) is 5.92 Å². The Kier molecular flexibility index (Phi) is 9.95. The van der Waals surface area contributed by atoms with Crippen LogP contribution in [0.25, 0.3) is 0 Å². The molecular formula is C21H36ClN5. The van der Waals surface area contributed by atoms with E-state index in [0.29, 0.717) is 5.92 Å². The molecule has 0 aliphatic carbocycles. The third-order valence-electron chi connectivity index (χ3n) is 5.01. The molecule has 0 spiro atoms. The zero-order valence-electron chi connectivity index (χ0n) is 17.2. The van der Waals surface area contributed by atoms with E-state index in [9.17, 15) is 0 Å². The molecule has 1 aromatic rings. The molecule has 27 heavy (non-hydrogen) atoms. The first kappa shape index (κ1) is 22.0. The number of aliphatic imine (C=N–C) groups is 1. The first-order valence-electron chi connectivity index (χ1n) is 10.3. The van der Waals surface area contributed by atoms with Crippen LogP contribution in [-0.4, -0.2) is 74.7 Å². The maximum Gasteiger partial charge on any atom is 0.191 e. The smallest absolute Gasteiger partial charge is 0.191 e. The van der Waals surface area contributed by atoms with E-state index in [1.807, 2.05) is 12.1 Å². The Labute approximate surface area is 170 Å². The van der Waals surface area contributed by atoms with E-state index in [-0.39, 0.29) is 0 Å². The molecule has 5 nitrogen and oxygen atoms in total. The van der Waals surface area contributed by atoms with Gasteiger partial charge in [-0.25, -0.2) is 0 Å². The third kappa shape index (κ3) is 8.50. The van der Waals surface area contributed by atoms with Gasteiger partial charge in [-0.3, -0.25) is 4.99 Å². The summed E-state index contributed by atoms with van der Waals surface area (Å²) in [7, 11) is 0. The minimum atomic E-state index is 0.560. The molecule has 1 aliphatic rings. The Bertz CT molecular complexity index is 552. The lowest BCUT2D eigenvalue weighted by molar-refractivity contribution is 0.125. The fourth-order valence-electron chi connectivity index (χ4n) is 3.35. The van der Waals surface area contributed by atoms with E-state index in [1.165, 1.54) is 38.3 Å². The quantitative estimate of drug-likeness (QED) is 0.500. The van der Waals surface area contributed by atoms with Gasteiger partial charge in [0.2, 0.25) is 0 Å². The number of hydrogen-bond acceptors (Lipinski definition) is 3. The summed E-state index contributed by atoms with van der Waals surface area (Å²) in [5, 5.41) is 7.57. The lowest BCUT2D eigenvalue weighted by atomic mass is 10.1. The van der Waals surface area contributed by atoms with Crippen LogP contribution in [0.15, 0.2) is 29.3 Å². The van der Waals surface area contributed by atoms with Crippen molar-refractivity contribution in [3.8, 4) is 0 Å². The van der Waals surface area contributed by atoms with Gasteiger partial charge in [-0.05, 0) is 43.5 Å². The number of likely N-dealkylation sites (N-methyl/N-ethyl adjacent to an activating group) is 1. The Morgan fingerprint density at radius 3 is 2.37 bits per heavy atom. The topological polar surface area (TPSA) is 42.9 Å². The summed E-state index contributed by atoms with van der Waals surface area (Å²) < 4.78 is 0. The van der Waals surface area contributed by atoms with Gasteiger partial charge in [0.15, 0.2) is 5.96 Å². The number of rotatable bonds is 9. The standard InChI is InChI=1S/C21H36ClN5/c1-4-23-21(24-11-10-19-6-8-20(22)9-7-19)25-16-18(3)17-27-14-12-26(5-2)13-15-27/h6-9,18H,4-5,10-17H2,1-3H3,(H2,23,24,25). The van der Waals surface area contributed by atoms with Crippen LogP contribution in [0.1, 0.15) is 26.3 Å². The van der Waals surface area contributed by atoms with Gasteiger partial charge in [-0.15, -0.1) is 0 Å². The van der Waals surface area contributed by atoms with E-state index in [0.717, 1.165) is 43.6 Å². The number of guanidine groups is 1. The van der Waals surface area contributed by atoms with Crippen molar-refractivity contribution in [3.05, 3.63) is 34.9 Å². The van der Waals surface area contributed by atoms with E-state index < -0.39 is 0 Å². The minimum Gasteiger partial charge on any atom is -0.357 e. The predicted octanol–water partition coefficient (Wildman–Crippen LogP) is 2.71. The van der Waals surface area contributed by atoms with Crippen molar-refractivity contribution in [2.45, 2.75) is 27.2 Å². The number of halogens is 1. The van der Waals surface area contributed by atoms with Crippen molar-refractivity contribution in [1.29, 1.82) is 0 Å². The van der Waals surface area contributed by atoms with Crippen LogP contribution in [0.3, 0.4) is 0 Å². The van der Waals surface area contributed by atoms with Crippen LogP contribution >= 0.6 is 11.6 Å². The largest absolute Gasteiger partial charge is 0.357 e. The van der Waals surface area contributed by atoms with Crippen LogP contribution < -0.4 is 10.6 Å². The first-order valence-corrected chi connectivity index (χ1v) is 10.7. The SMILES string of the molecule is CCNC(=NCC(C)CN1CCN(CC)CC1)NCCc1ccc(Cl)cc1. The Morgan fingerprint density at radius 2 is 1.74 bits per heavy atom. The van der Waals surface area contributed by atoms with Crippen molar-refractivity contribution in [2.75, 3.05) is 58.9 Å². The normalized spacial score (nSPS) is 17.7. The summed E-state index contributed by atoms with van der Waals surface area (Å²) in [6.07, 6.45) is 0.957. The highest BCUT2D eigenvalue weighted by molar-refractivity contribution is 6.30. The molecular weight excluding hydrogens is 358 g/mol. The number of hydrogen-bond donors (Lipinski definition) is 2. The summed E-state index contributed by atoms with van der Waals surface area (Å²) in [6, 6.07) is 8.04. The summed E-state index contributed by atoms with van der Waals surface area (Å²) >= 11 is 5.94. The van der Waals surface area contributed by atoms with Crippen molar-refractivity contribution in [3.63, 3.8) is 0 Å². The van der Waals surface area contributed by atoms with Gasteiger partial charge < -0.3 is 20.4 Å². The fraction of sp³-hybridized carbons (Fsp3) is 0.667. The fourth-order valence-corrected chi connectivity index (χ4v) is 3.48. The van der Waals surface area contributed by atoms with E-state index >= 15 is 0 Å². The third-order valence-corrected chi connectivity index (χ3v) is 5.26. The van der Waals surface area contributed by atoms with Crippen molar-refractivity contribution < 1.29 is 0 Å². The van der Waals surface area contributed by atoms with Gasteiger partial charge >= 0.3 is 0 Å². The molecule has 1 fully saturated rings. The molecule has 152 valence electrons. The number of nitrogens with zero attached hydrogens (tertiary/aromatic N) is 3. The molecule has 0 bridgehead atoms. The highest BCUT2D eigenvalue weighted by Crippen LogP contribution is 2.09. The van der Waals surface area contributed by atoms with Gasteiger partial charge in [-0.2, -0.15) is 0 Å². The summed E-state index contributed by atoms with van der Waals surface area (Å²) in [5.74, 6) is 1.47. The van der Waals surface area contributed by atoms with Crippen molar-refractivity contribution >= 4 is 17.6 Å². The van der Waals surface area contributed by atoms with Crippen molar-refractivity contribution in [1.82, 2.24) is 20.4 Å². The average Bonchev–Trinajstić information content (AvgIpc) is 2.68. The van der Waals surface area contributed by atoms with Crippen LogP contribution in [-0.2, 0) is 6.42 Å². The van der Waals surface area contributed by atoms with Gasteiger partial charge in [0.1, 0.15) is 0 Å². The second-order valence-electron chi connectivity index (χ2n) is 7.36. The summed E-state index contributed by atoms with van der Waals surface area (Å²) in [4.78, 5) is 9.89. The van der Waals surface area contributed by atoms with Crippen LogP contribution in [0.5, 0.6) is 0 Å². The zero-order chi connectivity index (χ0) is 19.5. The molecule has 0 amide bonds. The molecule has 2 N–H and O–H groups in total. The van der Waals surface area contributed by atoms with Gasteiger partial charge in [0.25, 0.3) is 0 Å². The first-order chi connectivity index (χ1) is 13.1. The van der Waals surface area contributed by atoms with E-state index in [2.05, 4.69) is 53.3 Å². The highest BCUT2D eigenvalue weighted by Gasteiger charge is 2.17. The lowest BCUT2D eigenvalue weighted by Crippen LogP contribution is -2.47. The van der Waals surface area contributed by atoms with Crippen LogP contribution in [0.4, 0.5) is 0 Å². The van der Waals surface area contributed by atoms with E-state index in [4.69, 9.17) is 16.6 Å². The Hall–Kier alpha value is -1.30. The van der Waals surface area contributed by atoms with Gasteiger partial charge in [0, 0.05) is 57.4 Å². The molecule has 1 atom stereocenters. The monoisotopic (exact) mass is 393 g/mol. The molecule has 0 saturated carbocycles. The minimum absolute atomic E-state index is 0.560. The van der Waals surface area contributed by atoms with Gasteiger partial charge in [-0.1, -0.05) is 37.6 Å². The second kappa shape index (κ2) is 12.2. The highest BCUT2D eigenvalue weighted by atomic mass is 35.5. The molecule has 1 aliphatic heterocycles. The molecule has 6 heteroatoms. The average molecular weight is 394 g/mol. The predicted molar refractivity (Wildman–Crippen MR) is 117 cm³/mol. The van der Waals surface area contributed by atoms with Crippen LogP contribution in [0.2, 0.25) is 5.02 Å². The zero-order valence-corrected chi connectivity index (χ0v) is 17.9. The number of nitrogens with one attached hydrogen (secondary N) is 2. The number of benzene rings is 1. The molecule has 1 saturated heterocycles. The van der Waals surface area contributed by atoms with E-state index in [1.54, 1.807) is 0 Å². The number of piperazine rings is 1. The molecule has 1 aromatic carbocycles. The summed E-state index contributed by atoms with van der Waals surface area (Å²) in [5.41, 5.74) is 1.28. The molecule has 1 unspecified atom stereocenters. The van der Waals surface area contributed by atoms with Gasteiger partial charge in [0.05, 0.1) is 0 Å². The molecule has 2 rings (SSSR count). The maximum absolute atomic E-state index is 5.94. The van der Waals surface area contributed by atoms with Crippen molar-refractivity contribution in [2.24, 2.45) is 10.9 Å². The summed E-state index contributed by atoms with van der Waals surface area (Å²) in [6.45, 7) is 16.3. The maximum atomic E-state index is 5.94. The Morgan fingerprint density at radius 1 is 1.07 bits per heavy atom. The lowest BCUT2D eigenvalue weighted by Gasteiger charge is -2.35.